The fourth-order valence-corrected chi connectivity index (χ4v) is 4.25. The van der Waals surface area contributed by atoms with Crippen molar-refractivity contribution in [2.24, 2.45) is 0 Å². The van der Waals surface area contributed by atoms with Crippen molar-refractivity contribution in [1.29, 1.82) is 0 Å². The molecule has 0 spiro atoms. The molecule has 2 aliphatic heterocycles. The molecule has 0 aromatic heterocycles. The molecule has 27 heavy (non-hydrogen) atoms. The number of ether oxygens (including phenoxy) is 1. The van der Waals surface area contributed by atoms with E-state index >= 15 is 0 Å². The van der Waals surface area contributed by atoms with Crippen LogP contribution >= 0.6 is 0 Å². The minimum absolute atomic E-state index is 0.0607. The van der Waals surface area contributed by atoms with Crippen molar-refractivity contribution in [3.05, 3.63) is 65.7 Å². The van der Waals surface area contributed by atoms with E-state index < -0.39 is 5.66 Å². The van der Waals surface area contributed by atoms with Crippen LogP contribution in [0.4, 0.5) is 5.69 Å². The molecule has 140 valence electrons. The molecule has 4 heteroatoms. The van der Waals surface area contributed by atoms with Crippen LogP contribution in [-0.4, -0.2) is 24.7 Å². The number of fused-ring (bicyclic) bond motifs is 3. The fraction of sp³-hybridized carbons (Fsp3) is 0.348. The maximum Gasteiger partial charge on any atom is 0.241 e. The Bertz CT molecular complexity index is 886. The lowest BCUT2D eigenvalue weighted by molar-refractivity contribution is -0.118. The summed E-state index contributed by atoms with van der Waals surface area (Å²) in [5.74, 6) is 0.946. The highest BCUT2D eigenvalue weighted by Gasteiger charge is 2.59. The van der Waals surface area contributed by atoms with Gasteiger partial charge in [-0.05, 0) is 41.8 Å². The van der Waals surface area contributed by atoms with Crippen molar-refractivity contribution in [2.45, 2.75) is 38.3 Å². The van der Waals surface area contributed by atoms with Gasteiger partial charge in [0.2, 0.25) is 5.91 Å². The number of hydrogen-bond acceptors (Lipinski definition) is 3. The monoisotopic (exact) mass is 362 g/mol. The van der Waals surface area contributed by atoms with Crippen LogP contribution in [-0.2, 0) is 10.2 Å². The number of amides is 1. The van der Waals surface area contributed by atoms with Gasteiger partial charge in [-0.2, -0.15) is 0 Å². The van der Waals surface area contributed by atoms with Crippen LogP contribution in [0.5, 0.6) is 5.75 Å². The van der Waals surface area contributed by atoms with Crippen molar-refractivity contribution in [1.82, 2.24) is 5.32 Å². The number of nitrogens with zero attached hydrogens (tertiary/aromatic N) is 1. The number of para-hydroxylation sites is 1. The molecule has 4 nitrogen and oxygen atoms in total. The van der Waals surface area contributed by atoms with E-state index in [-0.39, 0.29) is 11.3 Å². The Balaban J connectivity index is 1.67. The van der Waals surface area contributed by atoms with E-state index in [1.54, 1.807) is 0 Å². The van der Waals surface area contributed by atoms with Crippen LogP contribution in [0.2, 0.25) is 0 Å². The highest BCUT2D eigenvalue weighted by atomic mass is 16.5. The van der Waals surface area contributed by atoms with Gasteiger partial charge in [0.25, 0.3) is 0 Å². The number of rotatable bonds is 5. The third-order valence-electron chi connectivity index (χ3n) is 5.75. The normalized spacial score (nSPS) is 22.6. The maximum absolute atomic E-state index is 12.3. The summed E-state index contributed by atoms with van der Waals surface area (Å²) in [5.41, 5.74) is 2.69. The molecule has 1 unspecified atom stereocenters. The average Bonchev–Trinajstić information content (AvgIpc) is 3.10. The van der Waals surface area contributed by atoms with Crippen molar-refractivity contribution in [3.63, 3.8) is 0 Å². The number of anilines is 1. The second-order valence-electron chi connectivity index (χ2n) is 7.79. The van der Waals surface area contributed by atoms with Crippen molar-refractivity contribution < 1.29 is 9.53 Å². The summed E-state index contributed by atoms with van der Waals surface area (Å²) in [4.78, 5) is 14.5. The summed E-state index contributed by atoms with van der Waals surface area (Å²) < 4.78 is 5.66. The molecule has 2 aromatic rings. The molecule has 2 aromatic carbocycles. The van der Waals surface area contributed by atoms with Gasteiger partial charge in [0.1, 0.15) is 11.4 Å². The summed E-state index contributed by atoms with van der Waals surface area (Å²) in [6, 6.07) is 16.5. The molecular formula is C23H26N2O2. The lowest BCUT2D eigenvalue weighted by Gasteiger charge is -2.40. The number of hydrogen-bond donors (Lipinski definition) is 1. The van der Waals surface area contributed by atoms with E-state index in [1.165, 1.54) is 5.56 Å². The zero-order valence-electron chi connectivity index (χ0n) is 16.2. The topological polar surface area (TPSA) is 41.6 Å². The van der Waals surface area contributed by atoms with E-state index in [9.17, 15) is 4.79 Å². The van der Waals surface area contributed by atoms with Gasteiger partial charge in [0.05, 0.1) is 13.2 Å². The summed E-state index contributed by atoms with van der Waals surface area (Å²) in [5, 5.41) is 3.25. The van der Waals surface area contributed by atoms with Gasteiger partial charge in [-0.25, -0.2) is 0 Å². The third kappa shape index (κ3) is 2.71. The lowest BCUT2D eigenvalue weighted by atomic mass is 9.75. The molecule has 2 aliphatic rings. The molecule has 0 radical (unpaired) electrons. The Kier molecular flexibility index (Phi) is 4.22. The van der Waals surface area contributed by atoms with Crippen LogP contribution in [0.3, 0.4) is 0 Å². The van der Waals surface area contributed by atoms with Gasteiger partial charge in [-0.15, -0.1) is 0 Å². The minimum Gasteiger partial charge on any atom is -0.494 e. The number of carbonyl (C=O) groups excluding carboxylic acids is 1. The molecule has 1 atom stereocenters. The SMILES string of the molecule is CCCOc1ccc(/C=C/C23NC(=O)CN2c2ccccc2C3(C)C)cc1. The van der Waals surface area contributed by atoms with Gasteiger partial charge in [0.15, 0.2) is 0 Å². The molecule has 4 rings (SSSR count). The molecule has 0 saturated carbocycles. The standard InChI is InChI=1S/C23H26N2O2/c1-4-15-27-18-11-9-17(10-12-18)13-14-23-22(2,3)19-7-5-6-8-20(19)25(23)16-21(26)24-23/h5-14H,4,15-16H2,1-3H3,(H,24,26)/b14-13+. The predicted molar refractivity (Wildman–Crippen MR) is 109 cm³/mol. The minimum atomic E-state index is -0.550. The third-order valence-corrected chi connectivity index (χ3v) is 5.75. The van der Waals surface area contributed by atoms with E-state index in [4.69, 9.17) is 4.74 Å². The number of nitrogens with one attached hydrogen (secondary N) is 1. The van der Waals surface area contributed by atoms with Crippen molar-refractivity contribution in [3.8, 4) is 5.75 Å². The van der Waals surface area contributed by atoms with Crippen LogP contribution in [0.15, 0.2) is 54.6 Å². The predicted octanol–water partition coefficient (Wildman–Crippen LogP) is 4.11. The largest absolute Gasteiger partial charge is 0.494 e. The Morgan fingerprint density at radius 1 is 1.15 bits per heavy atom. The summed E-state index contributed by atoms with van der Waals surface area (Å²) in [7, 11) is 0. The fourth-order valence-electron chi connectivity index (χ4n) is 4.25. The lowest BCUT2D eigenvalue weighted by Crippen LogP contribution is -2.58. The van der Waals surface area contributed by atoms with Gasteiger partial charge < -0.3 is 15.0 Å². The summed E-state index contributed by atoms with van der Waals surface area (Å²) in [6.07, 6.45) is 5.23. The highest BCUT2D eigenvalue weighted by Crippen LogP contribution is 2.52. The second-order valence-corrected chi connectivity index (χ2v) is 7.79. The van der Waals surface area contributed by atoms with Crippen LogP contribution in [0.1, 0.15) is 38.3 Å². The molecule has 1 fully saturated rings. The summed E-state index contributed by atoms with van der Waals surface area (Å²) in [6.45, 7) is 7.60. The summed E-state index contributed by atoms with van der Waals surface area (Å²) >= 11 is 0. The van der Waals surface area contributed by atoms with E-state index in [0.717, 1.165) is 30.0 Å². The maximum atomic E-state index is 12.3. The first-order valence-electron chi connectivity index (χ1n) is 9.58. The van der Waals surface area contributed by atoms with Gasteiger partial charge in [-0.1, -0.05) is 57.2 Å². The molecule has 1 saturated heterocycles. The van der Waals surface area contributed by atoms with E-state index in [0.29, 0.717) is 6.54 Å². The zero-order valence-corrected chi connectivity index (χ0v) is 16.2. The Morgan fingerprint density at radius 2 is 1.89 bits per heavy atom. The van der Waals surface area contributed by atoms with Gasteiger partial charge in [0, 0.05) is 11.1 Å². The highest BCUT2D eigenvalue weighted by molar-refractivity contribution is 5.91. The van der Waals surface area contributed by atoms with Crippen LogP contribution in [0.25, 0.3) is 6.08 Å². The number of benzene rings is 2. The molecule has 0 aliphatic carbocycles. The van der Waals surface area contributed by atoms with Gasteiger partial charge in [-0.3, -0.25) is 4.79 Å². The van der Waals surface area contributed by atoms with Crippen molar-refractivity contribution in [2.75, 3.05) is 18.1 Å². The quantitative estimate of drug-likeness (QED) is 0.870. The number of carbonyl (C=O) groups is 1. The zero-order chi connectivity index (χ0) is 19.1. The van der Waals surface area contributed by atoms with Gasteiger partial charge >= 0.3 is 0 Å². The molecule has 0 bridgehead atoms. The second kappa shape index (κ2) is 6.45. The first kappa shape index (κ1) is 17.7. The Morgan fingerprint density at radius 3 is 2.63 bits per heavy atom. The molecule has 2 heterocycles. The van der Waals surface area contributed by atoms with E-state index in [2.05, 4.69) is 61.3 Å². The van der Waals surface area contributed by atoms with Crippen molar-refractivity contribution >= 4 is 17.7 Å². The molecule has 1 amide bonds. The smallest absolute Gasteiger partial charge is 0.241 e. The Labute approximate surface area is 160 Å². The molecular weight excluding hydrogens is 336 g/mol. The van der Waals surface area contributed by atoms with E-state index in [1.807, 2.05) is 30.3 Å². The first-order valence-corrected chi connectivity index (χ1v) is 9.58. The Hall–Kier alpha value is -2.75. The van der Waals surface area contributed by atoms with Crippen LogP contribution < -0.4 is 15.0 Å². The first-order chi connectivity index (χ1) is 13.0. The molecule has 1 N–H and O–H groups in total. The van der Waals surface area contributed by atoms with Crippen LogP contribution in [0, 0.1) is 0 Å². The average molecular weight is 362 g/mol.